The summed E-state index contributed by atoms with van der Waals surface area (Å²) < 4.78 is 28.6. The molecule has 0 spiro atoms. The summed E-state index contributed by atoms with van der Waals surface area (Å²) in [6, 6.07) is 4.87. The Hall–Kier alpha value is -2.39. The van der Waals surface area contributed by atoms with E-state index in [1.54, 1.807) is 12.1 Å². The zero-order valence-corrected chi connectivity index (χ0v) is 19.1. The number of hydrogen-bond donors (Lipinski definition) is 1. The molecule has 0 atom stereocenters. The lowest BCUT2D eigenvalue weighted by molar-refractivity contribution is 0.0950. The maximum Gasteiger partial charge on any atom is 0.253 e. The van der Waals surface area contributed by atoms with Crippen LogP contribution in [0.4, 0.5) is 5.69 Å². The zero-order valence-electron chi connectivity index (χ0n) is 18.3. The van der Waals surface area contributed by atoms with Gasteiger partial charge in [-0.1, -0.05) is 0 Å². The normalized spacial score (nSPS) is 16.9. The van der Waals surface area contributed by atoms with Gasteiger partial charge in [-0.15, -0.1) is 0 Å². The summed E-state index contributed by atoms with van der Waals surface area (Å²) in [5, 5.41) is 2.96. The van der Waals surface area contributed by atoms with Gasteiger partial charge in [0.25, 0.3) is 5.91 Å². The van der Waals surface area contributed by atoms with Gasteiger partial charge in [0.15, 0.2) is 0 Å². The molecular weight excluding hydrogens is 414 g/mol. The summed E-state index contributed by atoms with van der Waals surface area (Å²) in [5.74, 6) is 0.797. The zero-order chi connectivity index (χ0) is 22.0. The smallest absolute Gasteiger partial charge is 0.253 e. The summed E-state index contributed by atoms with van der Waals surface area (Å²) in [6.45, 7) is 3.03. The second-order valence-corrected chi connectivity index (χ2v) is 10.6. The van der Waals surface area contributed by atoms with Gasteiger partial charge in [0.1, 0.15) is 5.82 Å². The Kier molecular flexibility index (Phi) is 6.34. The summed E-state index contributed by atoms with van der Waals surface area (Å²) in [7, 11) is -0.642. The van der Waals surface area contributed by atoms with Crippen molar-refractivity contribution >= 4 is 21.6 Å². The van der Waals surface area contributed by atoms with Gasteiger partial charge in [-0.25, -0.2) is 17.7 Å². The molecule has 168 valence electrons. The third-order valence-corrected chi connectivity index (χ3v) is 7.89. The van der Waals surface area contributed by atoms with Gasteiger partial charge in [0.05, 0.1) is 22.7 Å². The van der Waals surface area contributed by atoms with Gasteiger partial charge in [-0.2, -0.15) is 0 Å². The Morgan fingerprint density at radius 1 is 1.10 bits per heavy atom. The predicted molar refractivity (Wildman–Crippen MR) is 120 cm³/mol. The molecule has 8 nitrogen and oxygen atoms in total. The van der Waals surface area contributed by atoms with Crippen LogP contribution < -0.4 is 10.2 Å². The summed E-state index contributed by atoms with van der Waals surface area (Å²) in [4.78, 5) is 20.1. The van der Waals surface area contributed by atoms with E-state index >= 15 is 0 Å². The van der Waals surface area contributed by atoms with Crippen LogP contribution in [0.1, 0.15) is 54.0 Å². The number of amides is 1. The summed E-state index contributed by atoms with van der Waals surface area (Å²) in [6.07, 6.45) is 8.59. The monoisotopic (exact) mass is 445 g/mol. The SMILES string of the molecule is CN(C)S(=O)(=O)c1ccc(N2CCCCC2)c(C(=O)NCc2cn3c(n2)CCCC3)c1. The highest BCUT2D eigenvalue weighted by molar-refractivity contribution is 7.89. The number of imidazole rings is 1. The minimum absolute atomic E-state index is 0.126. The summed E-state index contributed by atoms with van der Waals surface area (Å²) in [5.41, 5.74) is 2.02. The number of aryl methyl sites for hydroxylation is 2. The van der Waals surface area contributed by atoms with E-state index in [-0.39, 0.29) is 10.8 Å². The lowest BCUT2D eigenvalue weighted by Gasteiger charge is -2.30. The molecule has 1 saturated heterocycles. The molecule has 0 unspecified atom stereocenters. The van der Waals surface area contributed by atoms with Crippen molar-refractivity contribution in [3.05, 3.63) is 41.5 Å². The minimum Gasteiger partial charge on any atom is -0.371 e. The number of piperidine rings is 1. The van der Waals surface area contributed by atoms with Crippen molar-refractivity contribution in [1.82, 2.24) is 19.2 Å². The molecule has 0 radical (unpaired) electrons. The van der Waals surface area contributed by atoms with Crippen LogP contribution in [-0.4, -0.2) is 55.4 Å². The number of carbonyl (C=O) groups is 1. The third-order valence-electron chi connectivity index (χ3n) is 6.08. The van der Waals surface area contributed by atoms with Crippen LogP contribution >= 0.6 is 0 Å². The van der Waals surface area contributed by atoms with Gasteiger partial charge in [0.2, 0.25) is 10.0 Å². The van der Waals surface area contributed by atoms with Gasteiger partial charge in [0, 0.05) is 52.0 Å². The second-order valence-electron chi connectivity index (χ2n) is 8.50. The fraction of sp³-hybridized carbons (Fsp3) is 0.545. The number of nitrogens with zero attached hydrogens (tertiary/aromatic N) is 4. The van der Waals surface area contributed by atoms with Gasteiger partial charge < -0.3 is 14.8 Å². The van der Waals surface area contributed by atoms with Crippen LogP contribution in [0.2, 0.25) is 0 Å². The maximum atomic E-state index is 13.2. The number of benzene rings is 1. The first-order chi connectivity index (χ1) is 14.9. The number of fused-ring (bicyclic) bond motifs is 1. The van der Waals surface area contributed by atoms with Crippen molar-refractivity contribution in [2.24, 2.45) is 0 Å². The quantitative estimate of drug-likeness (QED) is 0.738. The number of hydrogen-bond acceptors (Lipinski definition) is 5. The van der Waals surface area contributed by atoms with E-state index in [1.807, 2.05) is 6.20 Å². The maximum absolute atomic E-state index is 13.2. The Morgan fingerprint density at radius 3 is 2.55 bits per heavy atom. The average Bonchev–Trinajstić information content (AvgIpc) is 3.20. The fourth-order valence-electron chi connectivity index (χ4n) is 4.30. The lowest BCUT2D eigenvalue weighted by Crippen LogP contribution is -2.33. The first kappa shape index (κ1) is 21.8. The molecule has 0 aliphatic carbocycles. The lowest BCUT2D eigenvalue weighted by atomic mass is 10.1. The predicted octanol–water partition coefficient (Wildman–Crippen LogP) is 2.39. The van der Waals surface area contributed by atoms with E-state index in [9.17, 15) is 13.2 Å². The van der Waals surface area contributed by atoms with Crippen LogP contribution in [0.5, 0.6) is 0 Å². The van der Waals surface area contributed by atoms with Gasteiger partial charge in [-0.05, 0) is 50.3 Å². The van der Waals surface area contributed by atoms with E-state index in [0.717, 1.165) is 68.9 Å². The standard InChI is InChI=1S/C22H31N5O3S/c1-25(2)31(29,30)18-9-10-20(26-11-5-3-6-12-26)19(14-18)22(28)23-15-17-16-27-13-7-4-8-21(27)24-17/h9-10,14,16H,3-8,11-13,15H2,1-2H3,(H,23,28). The van der Waals surface area contributed by atoms with Crippen LogP contribution in [0.3, 0.4) is 0 Å². The molecule has 31 heavy (non-hydrogen) atoms. The minimum atomic E-state index is -3.63. The molecular formula is C22H31N5O3S. The molecule has 2 aromatic rings. The number of sulfonamides is 1. The highest BCUT2D eigenvalue weighted by Crippen LogP contribution is 2.28. The molecule has 1 N–H and O–H groups in total. The molecule has 1 amide bonds. The number of anilines is 1. The molecule has 1 aromatic carbocycles. The second kappa shape index (κ2) is 9.00. The van der Waals surface area contributed by atoms with Crippen molar-refractivity contribution in [1.29, 1.82) is 0 Å². The Balaban J connectivity index is 1.60. The van der Waals surface area contributed by atoms with Gasteiger partial charge >= 0.3 is 0 Å². The Morgan fingerprint density at radius 2 is 1.84 bits per heavy atom. The first-order valence-corrected chi connectivity index (χ1v) is 12.4. The van der Waals surface area contributed by atoms with E-state index in [0.29, 0.717) is 12.1 Å². The van der Waals surface area contributed by atoms with Crippen molar-refractivity contribution in [3.63, 3.8) is 0 Å². The van der Waals surface area contributed by atoms with E-state index < -0.39 is 10.0 Å². The molecule has 2 aliphatic rings. The Bertz CT molecular complexity index is 1030. The van der Waals surface area contributed by atoms with Crippen molar-refractivity contribution in [2.45, 2.75) is 56.5 Å². The fourth-order valence-corrected chi connectivity index (χ4v) is 5.23. The third kappa shape index (κ3) is 4.62. The largest absolute Gasteiger partial charge is 0.371 e. The molecule has 1 fully saturated rings. The van der Waals surface area contributed by atoms with E-state index in [2.05, 4.69) is 19.8 Å². The highest BCUT2D eigenvalue weighted by atomic mass is 32.2. The van der Waals surface area contributed by atoms with Gasteiger partial charge in [-0.3, -0.25) is 4.79 Å². The molecule has 0 bridgehead atoms. The van der Waals surface area contributed by atoms with Crippen molar-refractivity contribution < 1.29 is 13.2 Å². The average molecular weight is 446 g/mol. The summed E-state index contributed by atoms with van der Waals surface area (Å²) >= 11 is 0. The molecule has 9 heteroatoms. The highest BCUT2D eigenvalue weighted by Gasteiger charge is 2.24. The molecule has 3 heterocycles. The van der Waals surface area contributed by atoms with Crippen LogP contribution in [0.15, 0.2) is 29.3 Å². The molecule has 4 rings (SSSR count). The number of carbonyl (C=O) groups excluding carboxylic acids is 1. The number of nitrogens with one attached hydrogen (secondary N) is 1. The topological polar surface area (TPSA) is 87.5 Å². The number of aromatic nitrogens is 2. The van der Waals surface area contributed by atoms with Crippen LogP contribution in [0.25, 0.3) is 0 Å². The van der Waals surface area contributed by atoms with Crippen molar-refractivity contribution in [2.75, 3.05) is 32.1 Å². The molecule has 1 aromatic heterocycles. The van der Waals surface area contributed by atoms with E-state index in [4.69, 9.17) is 0 Å². The molecule has 2 aliphatic heterocycles. The molecule has 0 saturated carbocycles. The van der Waals surface area contributed by atoms with E-state index in [1.165, 1.54) is 30.9 Å². The van der Waals surface area contributed by atoms with Crippen LogP contribution in [0, 0.1) is 0 Å². The number of rotatable bonds is 6. The Labute approximate surface area is 184 Å². The first-order valence-electron chi connectivity index (χ1n) is 11.0. The van der Waals surface area contributed by atoms with Crippen molar-refractivity contribution in [3.8, 4) is 0 Å². The van der Waals surface area contributed by atoms with Crippen LogP contribution in [-0.2, 0) is 29.5 Å².